The van der Waals surface area contributed by atoms with E-state index in [0.717, 1.165) is 19.6 Å². The van der Waals surface area contributed by atoms with E-state index in [4.69, 9.17) is 0 Å². The second kappa shape index (κ2) is 5.09. The van der Waals surface area contributed by atoms with Gasteiger partial charge < -0.3 is 10.6 Å². The Kier molecular flexibility index (Phi) is 3.72. The molecule has 94 valence electrons. The maximum absolute atomic E-state index is 3.56. The summed E-state index contributed by atoms with van der Waals surface area (Å²) in [5, 5.41) is 6.96. The van der Waals surface area contributed by atoms with Crippen LogP contribution in [0.1, 0.15) is 38.3 Å². The van der Waals surface area contributed by atoms with E-state index in [0.29, 0.717) is 5.41 Å². The molecule has 0 amide bonds. The third kappa shape index (κ3) is 3.22. The molecule has 1 aliphatic heterocycles. The molecule has 0 saturated heterocycles. The largest absolute Gasteiger partial charge is 0.384 e. The van der Waals surface area contributed by atoms with Crippen LogP contribution in [0.5, 0.6) is 0 Å². The normalized spacial score (nSPS) is 14.5. The summed E-state index contributed by atoms with van der Waals surface area (Å²) < 4.78 is 0. The topological polar surface area (TPSA) is 24.1 Å². The Hall–Kier alpha value is -1.02. The fraction of sp³-hybridized carbons (Fsp3) is 0.600. The molecule has 1 aromatic carbocycles. The van der Waals surface area contributed by atoms with Crippen molar-refractivity contribution in [3.63, 3.8) is 0 Å². The summed E-state index contributed by atoms with van der Waals surface area (Å²) in [6.45, 7) is 10.0. The first-order chi connectivity index (χ1) is 8.11. The minimum atomic E-state index is 0.401. The van der Waals surface area contributed by atoms with Gasteiger partial charge in [-0.2, -0.15) is 0 Å². The Labute approximate surface area is 105 Å². The molecule has 1 aromatic rings. The van der Waals surface area contributed by atoms with E-state index in [1.54, 1.807) is 0 Å². The van der Waals surface area contributed by atoms with Crippen LogP contribution in [0.15, 0.2) is 18.2 Å². The summed E-state index contributed by atoms with van der Waals surface area (Å²) in [4.78, 5) is 0. The predicted octanol–water partition coefficient (Wildman–Crippen LogP) is 3.18. The summed E-state index contributed by atoms with van der Waals surface area (Å²) in [6.07, 6.45) is 2.39. The third-order valence-electron chi connectivity index (χ3n) is 3.77. The monoisotopic (exact) mass is 232 g/mol. The van der Waals surface area contributed by atoms with Gasteiger partial charge >= 0.3 is 0 Å². The van der Waals surface area contributed by atoms with Gasteiger partial charge in [-0.15, -0.1) is 0 Å². The molecule has 0 atom stereocenters. The number of anilines is 1. The van der Waals surface area contributed by atoms with E-state index in [-0.39, 0.29) is 0 Å². The second-order valence-corrected chi connectivity index (χ2v) is 5.79. The Morgan fingerprint density at radius 2 is 2.18 bits per heavy atom. The van der Waals surface area contributed by atoms with E-state index in [1.807, 2.05) is 0 Å². The van der Waals surface area contributed by atoms with E-state index in [2.05, 4.69) is 49.6 Å². The lowest BCUT2D eigenvalue weighted by Gasteiger charge is -2.23. The van der Waals surface area contributed by atoms with Crippen molar-refractivity contribution in [3.05, 3.63) is 29.3 Å². The molecular formula is C15H24N2. The second-order valence-electron chi connectivity index (χ2n) is 5.79. The zero-order valence-corrected chi connectivity index (χ0v) is 11.3. The Bertz CT molecular complexity index is 383. The molecular weight excluding hydrogens is 208 g/mol. The number of rotatable bonds is 5. The van der Waals surface area contributed by atoms with Gasteiger partial charge in [0, 0.05) is 25.3 Å². The summed E-state index contributed by atoms with van der Waals surface area (Å²) >= 11 is 0. The van der Waals surface area contributed by atoms with Gasteiger partial charge in [0.05, 0.1) is 0 Å². The van der Waals surface area contributed by atoms with E-state index in [9.17, 15) is 0 Å². The zero-order chi connectivity index (χ0) is 12.3. The number of benzene rings is 1. The average molecular weight is 232 g/mol. The number of nitrogens with one attached hydrogen (secondary N) is 2. The fourth-order valence-electron chi connectivity index (χ4n) is 2.14. The highest BCUT2D eigenvalue weighted by molar-refractivity contribution is 5.56. The Morgan fingerprint density at radius 1 is 1.35 bits per heavy atom. The standard InChI is InChI=1S/C15H24N2/c1-4-15(2,3)11-16-10-12-5-6-14-13(9-12)7-8-17-14/h5-6,9,16-17H,4,7-8,10-11H2,1-3H3. The van der Waals surface area contributed by atoms with Crippen LogP contribution in [-0.2, 0) is 13.0 Å². The van der Waals surface area contributed by atoms with Crippen LogP contribution >= 0.6 is 0 Å². The summed E-state index contributed by atoms with van der Waals surface area (Å²) in [7, 11) is 0. The SMILES string of the molecule is CCC(C)(C)CNCc1ccc2c(c1)CCN2. The van der Waals surface area contributed by atoms with Gasteiger partial charge in [-0.3, -0.25) is 0 Å². The van der Waals surface area contributed by atoms with Crippen LogP contribution in [0.2, 0.25) is 0 Å². The van der Waals surface area contributed by atoms with Gasteiger partial charge in [-0.1, -0.05) is 32.9 Å². The van der Waals surface area contributed by atoms with Gasteiger partial charge in [0.15, 0.2) is 0 Å². The molecule has 2 nitrogen and oxygen atoms in total. The van der Waals surface area contributed by atoms with Crippen molar-refractivity contribution in [1.29, 1.82) is 0 Å². The first kappa shape index (κ1) is 12.4. The minimum Gasteiger partial charge on any atom is -0.384 e. The molecule has 0 aliphatic carbocycles. The third-order valence-corrected chi connectivity index (χ3v) is 3.77. The summed E-state index contributed by atoms with van der Waals surface area (Å²) in [6, 6.07) is 6.77. The maximum Gasteiger partial charge on any atom is 0.0373 e. The molecule has 0 fully saturated rings. The Morgan fingerprint density at radius 3 is 2.94 bits per heavy atom. The molecule has 0 radical (unpaired) electrons. The first-order valence-corrected chi connectivity index (χ1v) is 6.67. The van der Waals surface area contributed by atoms with Crippen molar-refractivity contribution in [3.8, 4) is 0 Å². The average Bonchev–Trinajstić information content (AvgIpc) is 2.76. The molecule has 1 heterocycles. The van der Waals surface area contributed by atoms with Crippen molar-refractivity contribution in [2.45, 2.75) is 40.2 Å². The van der Waals surface area contributed by atoms with Crippen LogP contribution in [0.25, 0.3) is 0 Å². The maximum atomic E-state index is 3.56. The van der Waals surface area contributed by atoms with Crippen molar-refractivity contribution < 1.29 is 0 Å². The van der Waals surface area contributed by atoms with E-state index >= 15 is 0 Å². The molecule has 0 saturated carbocycles. The summed E-state index contributed by atoms with van der Waals surface area (Å²) in [5.74, 6) is 0. The van der Waals surface area contributed by atoms with Crippen molar-refractivity contribution >= 4 is 5.69 Å². The quantitative estimate of drug-likeness (QED) is 0.814. The van der Waals surface area contributed by atoms with Crippen molar-refractivity contribution in [2.24, 2.45) is 5.41 Å². The molecule has 0 spiro atoms. The summed E-state index contributed by atoms with van der Waals surface area (Å²) in [5.41, 5.74) is 4.60. The molecule has 2 heteroatoms. The highest BCUT2D eigenvalue weighted by atomic mass is 14.9. The number of hydrogen-bond acceptors (Lipinski definition) is 2. The zero-order valence-electron chi connectivity index (χ0n) is 11.3. The van der Waals surface area contributed by atoms with Gasteiger partial charge in [0.25, 0.3) is 0 Å². The van der Waals surface area contributed by atoms with Gasteiger partial charge in [-0.25, -0.2) is 0 Å². The lowest BCUT2D eigenvalue weighted by atomic mass is 9.90. The molecule has 17 heavy (non-hydrogen) atoms. The smallest absolute Gasteiger partial charge is 0.0373 e. The first-order valence-electron chi connectivity index (χ1n) is 6.67. The molecule has 2 N–H and O–H groups in total. The highest BCUT2D eigenvalue weighted by Crippen LogP contribution is 2.23. The van der Waals surface area contributed by atoms with Gasteiger partial charge in [0.2, 0.25) is 0 Å². The van der Waals surface area contributed by atoms with Crippen molar-refractivity contribution in [2.75, 3.05) is 18.4 Å². The molecule has 0 bridgehead atoms. The number of hydrogen-bond donors (Lipinski definition) is 2. The highest BCUT2D eigenvalue weighted by Gasteiger charge is 2.14. The molecule has 0 unspecified atom stereocenters. The minimum absolute atomic E-state index is 0.401. The van der Waals surface area contributed by atoms with Crippen LogP contribution in [-0.4, -0.2) is 13.1 Å². The van der Waals surface area contributed by atoms with Crippen molar-refractivity contribution in [1.82, 2.24) is 5.32 Å². The Balaban J connectivity index is 1.88. The lowest BCUT2D eigenvalue weighted by Crippen LogP contribution is -2.28. The van der Waals surface area contributed by atoms with Gasteiger partial charge in [0.1, 0.15) is 0 Å². The van der Waals surface area contributed by atoms with Crippen LogP contribution in [0, 0.1) is 5.41 Å². The fourth-order valence-corrected chi connectivity index (χ4v) is 2.14. The van der Waals surface area contributed by atoms with Gasteiger partial charge in [-0.05, 0) is 35.4 Å². The lowest BCUT2D eigenvalue weighted by molar-refractivity contribution is 0.327. The number of fused-ring (bicyclic) bond motifs is 1. The molecule has 1 aliphatic rings. The molecule has 0 aromatic heterocycles. The van der Waals surface area contributed by atoms with E-state index < -0.39 is 0 Å². The van der Waals surface area contributed by atoms with Crippen LogP contribution < -0.4 is 10.6 Å². The van der Waals surface area contributed by atoms with E-state index in [1.165, 1.54) is 29.7 Å². The van der Waals surface area contributed by atoms with Crippen LogP contribution in [0.4, 0.5) is 5.69 Å². The predicted molar refractivity (Wildman–Crippen MR) is 74.4 cm³/mol. The van der Waals surface area contributed by atoms with Crippen LogP contribution in [0.3, 0.4) is 0 Å². The molecule has 2 rings (SSSR count).